The van der Waals surface area contributed by atoms with Crippen molar-refractivity contribution in [1.29, 1.82) is 0 Å². The van der Waals surface area contributed by atoms with Gasteiger partial charge in [-0.2, -0.15) is 0 Å². The Balaban J connectivity index is 1.54. The standard InChI is InChI=1S/C22H25N3OS/c1-15-9-12-19(16(2)13-15)24-22-25-20(14-27-22)21(26)23-17(3)10-11-18-7-5-4-6-8-18/h4-9,12-14,17H,10-11H2,1-3H3,(H,23,26)(H,24,25). The predicted octanol–water partition coefficient (Wildman–Crippen LogP) is 5.25. The molecule has 140 valence electrons. The number of aromatic nitrogens is 1. The normalized spacial score (nSPS) is 11.8. The summed E-state index contributed by atoms with van der Waals surface area (Å²) in [7, 11) is 0. The van der Waals surface area contributed by atoms with Crippen molar-refractivity contribution in [2.75, 3.05) is 5.32 Å². The van der Waals surface area contributed by atoms with Crippen LogP contribution in [0.3, 0.4) is 0 Å². The molecule has 0 radical (unpaired) electrons. The molecule has 0 saturated heterocycles. The summed E-state index contributed by atoms with van der Waals surface area (Å²) < 4.78 is 0. The van der Waals surface area contributed by atoms with Gasteiger partial charge in [-0.15, -0.1) is 11.3 Å². The number of benzene rings is 2. The molecule has 5 heteroatoms. The summed E-state index contributed by atoms with van der Waals surface area (Å²) in [5, 5.41) is 8.86. The van der Waals surface area contributed by atoms with Gasteiger partial charge >= 0.3 is 0 Å². The van der Waals surface area contributed by atoms with E-state index in [1.54, 1.807) is 5.38 Å². The Kier molecular flexibility index (Phi) is 6.24. The van der Waals surface area contributed by atoms with E-state index in [4.69, 9.17) is 0 Å². The van der Waals surface area contributed by atoms with Crippen molar-refractivity contribution in [1.82, 2.24) is 10.3 Å². The monoisotopic (exact) mass is 379 g/mol. The lowest BCUT2D eigenvalue weighted by atomic mass is 10.1. The number of nitrogens with one attached hydrogen (secondary N) is 2. The van der Waals surface area contributed by atoms with Gasteiger partial charge in [0.2, 0.25) is 0 Å². The molecule has 1 aromatic heterocycles. The maximum Gasteiger partial charge on any atom is 0.271 e. The van der Waals surface area contributed by atoms with Gasteiger partial charge in [0.25, 0.3) is 5.91 Å². The molecule has 2 N–H and O–H groups in total. The first-order valence-electron chi connectivity index (χ1n) is 9.16. The first-order chi connectivity index (χ1) is 13.0. The van der Waals surface area contributed by atoms with Gasteiger partial charge in [0.15, 0.2) is 5.13 Å². The van der Waals surface area contributed by atoms with Crippen molar-refractivity contribution in [2.45, 2.75) is 39.7 Å². The summed E-state index contributed by atoms with van der Waals surface area (Å²) in [5.74, 6) is -0.125. The van der Waals surface area contributed by atoms with Crippen LogP contribution in [-0.2, 0) is 6.42 Å². The molecule has 3 aromatic rings. The van der Waals surface area contributed by atoms with E-state index in [-0.39, 0.29) is 11.9 Å². The smallest absolute Gasteiger partial charge is 0.271 e. The van der Waals surface area contributed by atoms with Crippen molar-refractivity contribution < 1.29 is 4.79 Å². The van der Waals surface area contributed by atoms with E-state index in [9.17, 15) is 4.79 Å². The zero-order chi connectivity index (χ0) is 19.2. The number of aryl methyl sites for hydroxylation is 3. The molecule has 3 rings (SSSR count). The fourth-order valence-corrected chi connectivity index (χ4v) is 3.61. The van der Waals surface area contributed by atoms with Crippen LogP contribution in [0.1, 0.15) is 40.5 Å². The van der Waals surface area contributed by atoms with Crippen LogP contribution in [0.5, 0.6) is 0 Å². The summed E-state index contributed by atoms with van der Waals surface area (Å²) in [6.45, 7) is 6.16. The van der Waals surface area contributed by atoms with Crippen LogP contribution >= 0.6 is 11.3 Å². The number of nitrogens with zero attached hydrogens (tertiary/aromatic N) is 1. The average molecular weight is 380 g/mol. The largest absolute Gasteiger partial charge is 0.348 e. The summed E-state index contributed by atoms with van der Waals surface area (Å²) in [6.07, 6.45) is 1.84. The maximum atomic E-state index is 12.4. The third kappa shape index (κ3) is 5.41. The first-order valence-corrected chi connectivity index (χ1v) is 10.0. The van der Waals surface area contributed by atoms with Crippen LogP contribution in [0.25, 0.3) is 0 Å². The summed E-state index contributed by atoms with van der Waals surface area (Å²) in [4.78, 5) is 16.9. The molecule has 1 atom stereocenters. The second-order valence-electron chi connectivity index (χ2n) is 6.88. The number of carbonyl (C=O) groups is 1. The summed E-state index contributed by atoms with van der Waals surface area (Å²) in [6, 6.07) is 16.6. The van der Waals surface area contributed by atoms with Gasteiger partial charge in [-0.25, -0.2) is 4.98 Å². The van der Waals surface area contributed by atoms with Crippen LogP contribution in [0, 0.1) is 13.8 Å². The number of anilines is 2. The summed E-state index contributed by atoms with van der Waals surface area (Å²) in [5.41, 5.74) is 5.14. The molecular formula is C22H25N3OS. The van der Waals surface area contributed by atoms with Gasteiger partial charge in [-0.3, -0.25) is 4.79 Å². The Labute approximate surface area is 164 Å². The molecule has 0 aliphatic rings. The average Bonchev–Trinajstić information content (AvgIpc) is 3.12. The molecule has 1 heterocycles. The highest BCUT2D eigenvalue weighted by molar-refractivity contribution is 7.14. The van der Waals surface area contributed by atoms with Crippen molar-refractivity contribution >= 4 is 28.1 Å². The Hall–Kier alpha value is -2.66. The highest BCUT2D eigenvalue weighted by atomic mass is 32.1. The van der Waals surface area contributed by atoms with Crippen LogP contribution in [-0.4, -0.2) is 16.9 Å². The number of rotatable bonds is 7. The van der Waals surface area contributed by atoms with Gasteiger partial charge in [-0.1, -0.05) is 48.0 Å². The van der Waals surface area contributed by atoms with Crippen LogP contribution in [0.2, 0.25) is 0 Å². The Morgan fingerprint density at radius 1 is 1.15 bits per heavy atom. The molecule has 4 nitrogen and oxygen atoms in total. The van der Waals surface area contributed by atoms with Crippen molar-refractivity contribution in [3.8, 4) is 0 Å². The van der Waals surface area contributed by atoms with Crippen LogP contribution < -0.4 is 10.6 Å². The molecule has 0 saturated carbocycles. The van der Waals surface area contributed by atoms with E-state index >= 15 is 0 Å². The van der Waals surface area contributed by atoms with E-state index in [1.807, 2.05) is 31.2 Å². The van der Waals surface area contributed by atoms with Crippen LogP contribution in [0.4, 0.5) is 10.8 Å². The lowest BCUT2D eigenvalue weighted by Crippen LogP contribution is -2.33. The zero-order valence-corrected chi connectivity index (χ0v) is 16.8. The fourth-order valence-electron chi connectivity index (χ4n) is 2.90. The molecule has 0 spiro atoms. The highest BCUT2D eigenvalue weighted by Crippen LogP contribution is 2.24. The number of carbonyl (C=O) groups excluding carboxylic acids is 1. The van der Waals surface area contributed by atoms with Crippen molar-refractivity contribution in [3.05, 3.63) is 76.3 Å². The van der Waals surface area contributed by atoms with E-state index in [0.717, 1.165) is 29.2 Å². The second kappa shape index (κ2) is 8.82. The minimum atomic E-state index is -0.125. The molecule has 27 heavy (non-hydrogen) atoms. The predicted molar refractivity (Wildman–Crippen MR) is 113 cm³/mol. The third-order valence-electron chi connectivity index (χ3n) is 4.45. The number of thiazole rings is 1. The third-order valence-corrected chi connectivity index (χ3v) is 5.20. The Bertz CT molecular complexity index is 905. The molecule has 0 fully saturated rings. The van der Waals surface area contributed by atoms with Gasteiger partial charge in [0, 0.05) is 17.1 Å². The minimum Gasteiger partial charge on any atom is -0.348 e. The van der Waals surface area contributed by atoms with Gasteiger partial charge < -0.3 is 10.6 Å². The molecular weight excluding hydrogens is 354 g/mol. The minimum absolute atomic E-state index is 0.0927. The topological polar surface area (TPSA) is 54.0 Å². The zero-order valence-electron chi connectivity index (χ0n) is 16.0. The molecule has 0 aliphatic heterocycles. The lowest BCUT2D eigenvalue weighted by Gasteiger charge is -2.13. The lowest BCUT2D eigenvalue weighted by molar-refractivity contribution is 0.0934. The molecule has 2 aromatic carbocycles. The SMILES string of the molecule is Cc1ccc(Nc2nc(C(=O)NC(C)CCc3ccccc3)cs2)c(C)c1. The van der Waals surface area contributed by atoms with E-state index in [1.165, 1.54) is 22.5 Å². The number of hydrogen-bond acceptors (Lipinski definition) is 4. The second-order valence-corrected chi connectivity index (χ2v) is 7.74. The maximum absolute atomic E-state index is 12.4. The quantitative estimate of drug-likeness (QED) is 0.589. The van der Waals surface area contributed by atoms with E-state index in [2.05, 4.69) is 53.7 Å². The molecule has 0 bridgehead atoms. The van der Waals surface area contributed by atoms with Gasteiger partial charge in [0.05, 0.1) is 0 Å². The van der Waals surface area contributed by atoms with Crippen molar-refractivity contribution in [3.63, 3.8) is 0 Å². The number of amides is 1. The molecule has 1 unspecified atom stereocenters. The van der Waals surface area contributed by atoms with E-state index in [0.29, 0.717) is 5.69 Å². The number of hydrogen-bond donors (Lipinski definition) is 2. The highest BCUT2D eigenvalue weighted by Gasteiger charge is 2.14. The van der Waals surface area contributed by atoms with E-state index < -0.39 is 0 Å². The first kappa shape index (κ1) is 19.1. The summed E-state index contributed by atoms with van der Waals surface area (Å²) >= 11 is 1.44. The molecule has 1 amide bonds. The van der Waals surface area contributed by atoms with Gasteiger partial charge in [0.1, 0.15) is 5.69 Å². The van der Waals surface area contributed by atoms with Crippen LogP contribution in [0.15, 0.2) is 53.9 Å². The van der Waals surface area contributed by atoms with Crippen molar-refractivity contribution in [2.24, 2.45) is 0 Å². The molecule has 0 aliphatic carbocycles. The Morgan fingerprint density at radius 3 is 2.67 bits per heavy atom. The fraction of sp³-hybridized carbons (Fsp3) is 0.273. The Morgan fingerprint density at radius 2 is 1.93 bits per heavy atom. The van der Waals surface area contributed by atoms with Gasteiger partial charge in [-0.05, 0) is 50.8 Å².